The van der Waals surface area contributed by atoms with Crippen LogP contribution in [0.2, 0.25) is 0 Å². The molecule has 88 valence electrons. The van der Waals surface area contributed by atoms with Gasteiger partial charge in [0.25, 0.3) is 0 Å². The molecule has 0 aliphatic heterocycles. The van der Waals surface area contributed by atoms with Crippen molar-refractivity contribution in [2.24, 2.45) is 0 Å². The zero-order valence-corrected chi connectivity index (χ0v) is 9.84. The number of nitrogens with zero attached hydrogens (tertiary/aromatic N) is 3. The molecule has 1 N–H and O–H groups in total. The highest BCUT2D eigenvalue weighted by atomic mass is 16.5. The fourth-order valence-electron chi connectivity index (χ4n) is 1.39. The summed E-state index contributed by atoms with van der Waals surface area (Å²) in [5.41, 5.74) is 0.940. The van der Waals surface area contributed by atoms with Crippen molar-refractivity contribution < 1.29 is 4.74 Å². The summed E-state index contributed by atoms with van der Waals surface area (Å²) in [6.45, 7) is 2.50. The Morgan fingerprint density at radius 3 is 2.76 bits per heavy atom. The maximum Gasteiger partial charge on any atom is 0.137 e. The molecular weight excluding hydrogens is 216 g/mol. The van der Waals surface area contributed by atoms with Gasteiger partial charge in [-0.1, -0.05) is 0 Å². The Morgan fingerprint density at radius 2 is 2.12 bits per heavy atom. The first-order valence-electron chi connectivity index (χ1n) is 5.30. The first kappa shape index (κ1) is 11.3. The summed E-state index contributed by atoms with van der Waals surface area (Å²) in [6, 6.07) is 5.61. The van der Waals surface area contributed by atoms with Gasteiger partial charge in [-0.2, -0.15) is 0 Å². The van der Waals surface area contributed by atoms with Gasteiger partial charge in [-0.15, -0.1) is 0 Å². The summed E-state index contributed by atoms with van der Waals surface area (Å²) >= 11 is 0. The van der Waals surface area contributed by atoms with Crippen LogP contribution in [0.1, 0.15) is 11.5 Å². The number of hydrogen-bond acceptors (Lipinski definition) is 5. The van der Waals surface area contributed by atoms with E-state index in [0.717, 1.165) is 23.1 Å². The van der Waals surface area contributed by atoms with E-state index in [0.29, 0.717) is 6.54 Å². The third kappa shape index (κ3) is 3.14. The molecular formula is C12H14N4O. The summed E-state index contributed by atoms with van der Waals surface area (Å²) in [4.78, 5) is 12.5. The van der Waals surface area contributed by atoms with Crippen LogP contribution in [0.4, 0.5) is 5.82 Å². The molecule has 2 heterocycles. The maximum absolute atomic E-state index is 5.04. The van der Waals surface area contributed by atoms with Crippen LogP contribution in [0.15, 0.2) is 30.6 Å². The third-order valence-electron chi connectivity index (χ3n) is 2.26. The lowest BCUT2D eigenvalue weighted by molar-refractivity contribution is 0.413. The molecule has 0 aromatic carbocycles. The van der Waals surface area contributed by atoms with Gasteiger partial charge in [0.05, 0.1) is 25.5 Å². The van der Waals surface area contributed by atoms with Gasteiger partial charge >= 0.3 is 0 Å². The molecule has 0 radical (unpaired) electrons. The summed E-state index contributed by atoms with van der Waals surface area (Å²) in [7, 11) is 1.62. The Bertz CT molecular complexity index is 484. The Morgan fingerprint density at radius 1 is 1.24 bits per heavy atom. The van der Waals surface area contributed by atoms with Crippen LogP contribution in [0.3, 0.4) is 0 Å². The van der Waals surface area contributed by atoms with Crippen LogP contribution in [-0.2, 0) is 6.54 Å². The van der Waals surface area contributed by atoms with Crippen LogP contribution >= 0.6 is 0 Å². The van der Waals surface area contributed by atoms with Gasteiger partial charge in [0.1, 0.15) is 17.4 Å². The Balaban J connectivity index is 1.97. The number of hydrogen-bond donors (Lipinski definition) is 1. The van der Waals surface area contributed by atoms with Crippen molar-refractivity contribution in [3.63, 3.8) is 0 Å². The largest absolute Gasteiger partial charge is 0.495 e. The second-order valence-electron chi connectivity index (χ2n) is 3.53. The number of methoxy groups -OCH3 is 1. The molecule has 0 atom stereocenters. The third-order valence-corrected chi connectivity index (χ3v) is 2.26. The summed E-state index contributed by atoms with van der Waals surface area (Å²) < 4.78 is 5.04. The van der Waals surface area contributed by atoms with Crippen molar-refractivity contribution in [1.29, 1.82) is 0 Å². The predicted molar refractivity (Wildman–Crippen MR) is 64.9 cm³/mol. The SMILES string of the molecule is COc1ccc(NCc2ccnc(C)n2)nc1. The van der Waals surface area contributed by atoms with Gasteiger partial charge in [-0.25, -0.2) is 15.0 Å². The molecule has 2 rings (SSSR count). The maximum atomic E-state index is 5.04. The van der Waals surface area contributed by atoms with E-state index in [1.807, 2.05) is 25.1 Å². The first-order chi connectivity index (χ1) is 8.28. The molecule has 0 unspecified atom stereocenters. The van der Waals surface area contributed by atoms with E-state index in [2.05, 4.69) is 20.3 Å². The molecule has 0 spiro atoms. The van der Waals surface area contributed by atoms with Crippen molar-refractivity contribution >= 4 is 5.82 Å². The minimum atomic E-state index is 0.628. The van der Waals surface area contributed by atoms with E-state index in [-0.39, 0.29) is 0 Å². The fraction of sp³-hybridized carbons (Fsp3) is 0.250. The topological polar surface area (TPSA) is 59.9 Å². The van der Waals surface area contributed by atoms with E-state index >= 15 is 0 Å². The fourth-order valence-corrected chi connectivity index (χ4v) is 1.39. The van der Waals surface area contributed by atoms with Crippen molar-refractivity contribution in [2.75, 3.05) is 12.4 Å². The molecule has 2 aromatic rings. The van der Waals surface area contributed by atoms with Crippen molar-refractivity contribution in [2.45, 2.75) is 13.5 Å². The van der Waals surface area contributed by atoms with Gasteiger partial charge in [-0.05, 0) is 25.1 Å². The van der Waals surface area contributed by atoms with Gasteiger partial charge in [0, 0.05) is 6.20 Å². The number of ether oxygens (including phenoxy) is 1. The molecule has 2 aromatic heterocycles. The predicted octanol–water partition coefficient (Wildman–Crippen LogP) is 1.80. The van der Waals surface area contributed by atoms with Gasteiger partial charge < -0.3 is 10.1 Å². The number of rotatable bonds is 4. The highest BCUT2D eigenvalue weighted by Gasteiger charge is 1.98. The van der Waals surface area contributed by atoms with E-state index in [1.54, 1.807) is 19.5 Å². The van der Waals surface area contributed by atoms with Crippen LogP contribution in [0, 0.1) is 6.92 Å². The van der Waals surface area contributed by atoms with E-state index < -0.39 is 0 Å². The average Bonchev–Trinajstić information content (AvgIpc) is 2.37. The normalized spacial score (nSPS) is 10.0. The van der Waals surface area contributed by atoms with E-state index in [9.17, 15) is 0 Å². The summed E-state index contributed by atoms with van der Waals surface area (Å²) in [5, 5.41) is 3.18. The molecule has 0 aliphatic rings. The smallest absolute Gasteiger partial charge is 0.137 e. The molecule has 0 saturated heterocycles. The van der Waals surface area contributed by atoms with Crippen LogP contribution in [0.25, 0.3) is 0 Å². The average molecular weight is 230 g/mol. The standard InChI is InChI=1S/C12H14N4O/c1-9-13-6-5-10(16-9)7-14-12-4-3-11(17-2)8-15-12/h3-6,8H,7H2,1-2H3,(H,14,15). The number of nitrogens with one attached hydrogen (secondary N) is 1. The molecule has 0 amide bonds. The number of pyridine rings is 1. The highest BCUT2D eigenvalue weighted by molar-refractivity contribution is 5.37. The van der Waals surface area contributed by atoms with Gasteiger partial charge in [0.2, 0.25) is 0 Å². The number of aryl methyl sites for hydroxylation is 1. The van der Waals surface area contributed by atoms with Crippen molar-refractivity contribution in [3.8, 4) is 5.75 Å². The number of aromatic nitrogens is 3. The quantitative estimate of drug-likeness (QED) is 0.867. The van der Waals surface area contributed by atoms with Gasteiger partial charge in [0.15, 0.2) is 0 Å². The Labute approximate surface area is 99.9 Å². The second kappa shape index (κ2) is 5.25. The first-order valence-corrected chi connectivity index (χ1v) is 5.30. The lowest BCUT2D eigenvalue weighted by Crippen LogP contribution is -2.04. The van der Waals surface area contributed by atoms with E-state index in [4.69, 9.17) is 4.74 Å². The number of anilines is 1. The van der Waals surface area contributed by atoms with Crippen LogP contribution in [-0.4, -0.2) is 22.1 Å². The molecule has 17 heavy (non-hydrogen) atoms. The van der Waals surface area contributed by atoms with Crippen molar-refractivity contribution in [3.05, 3.63) is 42.1 Å². The van der Waals surface area contributed by atoms with E-state index in [1.165, 1.54) is 0 Å². The van der Waals surface area contributed by atoms with Gasteiger partial charge in [-0.3, -0.25) is 0 Å². The summed E-state index contributed by atoms with van der Waals surface area (Å²) in [6.07, 6.45) is 3.42. The highest BCUT2D eigenvalue weighted by Crippen LogP contribution is 2.11. The molecule has 5 heteroatoms. The van der Waals surface area contributed by atoms with Crippen LogP contribution < -0.4 is 10.1 Å². The molecule has 0 aliphatic carbocycles. The Hall–Kier alpha value is -2.17. The lowest BCUT2D eigenvalue weighted by atomic mass is 10.3. The molecule has 0 saturated carbocycles. The van der Waals surface area contributed by atoms with Crippen molar-refractivity contribution in [1.82, 2.24) is 15.0 Å². The molecule has 5 nitrogen and oxygen atoms in total. The van der Waals surface area contributed by atoms with Crippen LogP contribution in [0.5, 0.6) is 5.75 Å². The zero-order chi connectivity index (χ0) is 12.1. The minimum Gasteiger partial charge on any atom is -0.495 e. The lowest BCUT2D eigenvalue weighted by Gasteiger charge is -2.06. The Kier molecular flexibility index (Phi) is 3.49. The minimum absolute atomic E-state index is 0.628. The zero-order valence-electron chi connectivity index (χ0n) is 9.84. The molecule has 0 bridgehead atoms. The summed E-state index contributed by atoms with van der Waals surface area (Å²) in [5.74, 6) is 2.31. The second-order valence-corrected chi connectivity index (χ2v) is 3.53. The monoisotopic (exact) mass is 230 g/mol. The molecule has 0 fully saturated rings.